The van der Waals surface area contributed by atoms with Gasteiger partial charge in [0.1, 0.15) is 5.75 Å². The molecule has 1 aromatic heterocycles. The smallest absolute Gasteiger partial charge is 0.365 e. The molecule has 1 saturated heterocycles. The second-order valence-electron chi connectivity index (χ2n) is 5.60. The van der Waals surface area contributed by atoms with Gasteiger partial charge in [-0.2, -0.15) is 17.5 Å². The molecule has 1 unspecified atom stereocenters. The zero-order valence-electron chi connectivity index (χ0n) is 12.2. The van der Waals surface area contributed by atoms with E-state index in [1.807, 2.05) is 0 Å². The van der Waals surface area contributed by atoms with Gasteiger partial charge in [-0.25, -0.2) is 8.42 Å². The molecule has 0 amide bonds. The first-order valence-electron chi connectivity index (χ1n) is 6.64. The van der Waals surface area contributed by atoms with Crippen molar-refractivity contribution in [1.29, 1.82) is 0 Å². The summed E-state index contributed by atoms with van der Waals surface area (Å²) in [4.78, 5) is 3.91. The van der Waals surface area contributed by atoms with Crippen molar-refractivity contribution in [1.82, 2.24) is 9.29 Å². The Morgan fingerprint density at radius 1 is 1.41 bits per heavy atom. The normalized spacial score (nSPS) is 23.4. The van der Waals surface area contributed by atoms with Crippen molar-refractivity contribution < 1.29 is 26.3 Å². The number of sulfonamides is 1. The Morgan fingerprint density at radius 3 is 2.64 bits per heavy atom. The number of aromatic nitrogens is 1. The highest BCUT2D eigenvalue weighted by atomic mass is 32.2. The summed E-state index contributed by atoms with van der Waals surface area (Å²) in [5.74, 6) is -0.443. The predicted molar refractivity (Wildman–Crippen MR) is 73.4 cm³/mol. The summed E-state index contributed by atoms with van der Waals surface area (Å²) in [5, 5.41) is 0. The average Bonchev–Trinajstić information content (AvgIpc) is 2.36. The summed E-state index contributed by atoms with van der Waals surface area (Å²) in [6.45, 7) is 2.03. The third-order valence-corrected chi connectivity index (χ3v) is 5.54. The molecule has 2 rings (SSSR count). The third kappa shape index (κ3) is 3.41. The molecule has 1 fully saturated rings. The summed E-state index contributed by atoms with van der Waals surface area (Å²) >= 11 is 0. The van der Waals surface area contributed by atoms with Crippen molar-refractivity contribution in [3.8, 4) is 0 Å². The van der Waals surface area contributed by atoms with Crippen LogP contribution in [-0.4, -0.2) is 48.7 Å². The van der Waals surface area contributed by atoms with Crippen molar-refractivity contribution in [2.45, 2.75) is 37.4 Å². The number of hydrogen-bond acceptors (Lipinski definition) is 4. The van der Waals surface area contributed by atoms with Crippen LogP contribution in [0.3, 0.4) is 0 Å². The molecule has 0 spiro atoms. The van der Waals surface area contributed by atoms with Gasteiger partial charge in [-0.3, -0.25) is 4.98 Å². The van der Waals surface area contributed by atoms with E-state index in [0.29, 0.717) is 0 Å². The number of nitrogens with zero attached hydrogens (tertiary/aromatic N) is 2. The Hall–Kier alpha value is -1.19. The number of hydrogen-bond donors (Lipinski definition) is 0. The molecule has 5 nitrogen and oxygen atoms in total. The Kier molecular flexibility index (Phi) is 4.51. The molecule has 0 saturated carbocycles. The van der Waals surface area contributed by atoms with E-state index in [2.05, 4.69) is 4.98 Å². The van der Waals surface area contributed by atoms with E-state index in [4.69, 9.17) is 4.74 Å². The van der Waals surface area contributed by atoms with Crippen LogP contribution in [0.15, 0.2) is 24.4 Å². The van der Waals surface area contributed by atoms with E-state index in [1.165, 1.54) is 26.1 Å². The summed E-state index contributed by atoms with van der Waals surface area (Å²) in [6, 6.07) is 4.78. The zero-order valence-corrected chi connectivity index (χ0v) is 13.0. The summed E-state index contributed by atoms with van der Waals surface area (Å²) in [5.41, 5.74) is -1.43. The van der Waals surface area contributed by atoms with Crippen LogP contribution in [0.5, 0.6) is 0 Å². The molecule has 1 aliphatic heterocycles. The molecule has 9 heteroatoms. The van der Waals surface area contributed by atoms with Crippen LogP contribution >= 0.6 is 0 Å². The number of ether oxygens (including phenoxy) is 1. The Morgan fingerprint density at radius 2 is 2.09 bits per heavy atom. The molecule has 22 heavy (non-hydrogen) atoms. The number of halogens is 3. The van der Waals surface area contributed by atoms with Gasteiger partial charge in [-0.05, 0) is 26.0 Å². The molecule has 0 aliphatic carbocycles. The van der Waals surface area contributed by atoms with Crippen molar-refractivity contribution in [3.63, 3.8) is 0 Å². The van der Waals surface area contributed by atoms with Crippen molar-refractivity contribution >= 4 is 10.0 Å². The van der Waals surface area contributed by atoms with E-state index < -0.39 is 33.6 Å². The monoisotopic (exact) mass is 338 g/mol. The number of alkyl halides is 3. The topological polar surface area (TPSA) is 59.5 Å². The van der Waals surface area contributed by atoms with Crippen LogP contribution in [-0.2, 0) is 20.5 Å². The molecule has 0 N–H and O–H groups in total. The lowest BCUT2D eigenvalue weighted by Crippen LogP contribution is -2.64. The van der Waals surface area contributed by atoms with E-state index in [0.717, 1.165) is 4.31 Å². The first-order chi connectivity index (χ1) is 10.0. The molecule has 0 aromatic carbocycles. The van der Waals surface area contributed by atoms with Crippen molar-refractivity contribution in [2.75, 3.05) is 13.2 Å². The Bertz CT molecular complexity index is 617. The zero-order chi connectivity index (χ0) is 16.6. The van der Waals surface area contributed by atoms with Gasteiger partial charge < -0.3 is 4.74 Å². The number of morpholine rings is 1. The largest absolute Gasteiger partial charge is 0.416 e. The minimum Gasteiger partial charge on any atom is -0.365 e. The lowest BCUT2D eigenvalue weighted by Gasteiger charge is -2.46. The van der Waals surface area contributed by atoms with Crippen LogP contribution in [0.1, 0.15) is 19.5 Å². The van der Waals surface area contributed by atoms with Gasteiger partial charge >= 0.3 is 6.18 Å². The van der Waals surface area contributed by atoms with E-state index >= 15 is 0 Å². The summed E-state index contributed by atoms with van der Waals surface area (Å²) in [6.07, 6.45) is -5.36. The molecule has 0 bridgehead atoms. The van der Waals surface area contributed by atoms with Gasteiger partial charge in [0.05, 0.1) is 17.8 Å². The van der Waals surface area contributed by atoms with Gasteiger partial charge in [-0.1, -0.05) is 6.07 Å². The molecular weight excluding hydrogens is 321 g/mol. The molecule has 1 aliphatic rings. The number of rotatable bonds is 3. The lowest BCUT2D eigenvalue weighted by molar-refractivity contribution is -0.262. The quantitative estimate of drug-likeness (QED) is 0.845. The second-order valence-corrected chi connectivity index (χ2v) is 7.49. The highest BCUT2D eigenvalue weighted by Crippen LogP contribution is 2.38. The standard InChI is InChI=1S/C13H17F3N2O3S/c1-12(2)11(13(14,15)16)21-8-7-18(12)22(19,20)9-10-5-3-4-6-17-10/h3-6,11H,7-9H2,1-2H3. The van der Waals surface area contributed by atoms with E-state index in [9.17, 15) is 21.6 Å². The van der Waals surface area contributed by atoms with Crippen LogP contribution in [0.4, 0.5) is 13.2 Å². The maximum Gasteiger partial charge on any atom is 0.416 e. The van der Waals surface area contributed by atoms with Crippen molar-refractivity contribution in [3.05, 3.63) is 30.1 Å². The lowest BCUT2D eigenvalue weighted by atomic mass is 9.95. The number of pyridine rings is 1. The fourth-order valence-corrected chi connectivity index (χ4v) is 4.48. The molecular formula is C13H17F3N2O3S. The first kappa shape index (κ1) is 17.2. The second kappa shape index (κ2) is 5.78. The minimum atomic E-state index is -4.64. The van der Waals surface area contributed by atoms with Gasteiger partial charge in [0.2, 0.25) is 10.0 Å². The molecule has 124 valence electrons. The highest BCUT2D eigenvalue weighted by Gasteiger charge is 2.57. The Labute approximate surface area is 127 Å². The molecule has 1 aromatic rings. The average molecular weight is 338 g/mol. The van der Waals surface area contributed by atoms with Gasteiger partial charge in [-0.15, -0.1) is 0 Å². The highest BCUT2D eigenvalue weighted by molar-refractivity contribution is 7.88. The van der Waals surface area contributed by atoms with E-state index in [-0.39, 0.29) is 18.8 Å². The third-order valence-electron chi connectivity index (χ3n) is 3.55. The molecule has 0 radical (unpaired) electrons. The maximum atomic E-state index is 13.1. The van der Waals surface area contributed by atoms with Crippen LogP contribution < -0.4 is 0 Å². The van der Waals surface area contributed by atoms with Gasteiger partial charge in [0.25, 0.3) is 0 Å². The minimum absolute atomic E-state index is 0.116. The summed E-state index contributed by atoms with van der Waals surface area (Å²) < 4.78 is 69.9. The van der Waals surface area contributed by atoms with Gasteiger partial charge in [0.15, 0.2) is 6.10 Å². The van der Waals surface area contributed by atoms with Crippen LogP contribution in [0.25, 0.3) is 0 Å². The van der Waals surface area contributed by atoms with Gasteiger partial charge in [0, 0.05) is 12.7 Å². The van der Waals surface area contributed by atoms with Crippen LogP contribution in [0, 0.1) is 0 Å². The molecule has 1 atom stereocenters. The fourth-order valence-electron chi connectivity index (χ4n) is 2.62. The van der Waals surface area contributed by atoms with E-state index in [1.54, 1.807) is 12.1 Å². The predicted octanol–water partition coefficient (Wildman–Crippen LogP) is 1.95. The fraction of sp³-hybridized carbons (Fsp3) is 0.615. The van der Waals surface area contributed by atoms with Crippen molar-refractivity contribution in [2.24, 2.45) is 0 Å². The summed E-state index contributed by atoms with van der Waals surface area (Å²) in [7, 11) is -3.95. The maximum absolute atomic E-state index is 13.1. The first-order valence-corrected chi connectivity index (χ1v) is 8.25. The molecule has 2 heterocycles. The SMILES string of the molecule is CC1(C)C(C(F)(F)F)OCCN1S(=O)(=O)Cc1ccccn1. The van der Waals surface area contributed by atoms with Crippen LogP contribution in [0.2, 0.25) is 0 Å². The Balaban J connectivity index is 2.30.